The first-order valence-corrected chi connectivity index (χ1v) is 10.4. The van der Waals surface area contributed by atoms with Crippen molar-refractivity contribution in [3.05, 3.63) is 94.7 Å². The number of hydrogen-bond acceptors (Lipinski definition) is 4. The summed E-state index contributed by atoms with van der Waals surface area (Å²) >= 11 is 0. The molecule has 0 saturated heterocycles. The molecule has 1 N–H and O–H groups in total. The van der Waals surface area contributed by atoms with E-state index in [1.54, 1.807) is 18.2 Å². The number of hydrogen-bond donors (Lipinski definition) is 1. The second-order valence-electron chi connectivity index (χ2n) is 8.20. The fourth-order valence-corrected chi connectivity index (χ4v) is 3.99. The number of H-pyrrole nitrogens is 1. The maximum Gasteiger partial charge on any atom is 0.145 e. The Labute approximate surface area is 191 Å². The molecule has 4 aromatic rings. The number of rotatable bonds is 1. The highest BCUT2D eigenvalue weighted by Crippen LogP contribution is 2.45. The van der Waals surface area contributed by atoms with E-state index in [0.29, 0.717) is 28.3 Å². The van der Waals surface area contributed by atoms with E-state index in [4.69, 9.17) is 9.72 Å². The predicted molar refractivity (Wildman–Crippen MR) is 125 cm³/mol. The Morgan fingerprint density at radius 3 is 2.24 bits per heavy atom. The van der Waals surface area contributed by atoms with Gasteiger partial charge in [-0.15, -0.1) is 0 Å². The molecule has 0 unspecified atom stereocenters. The van der Waals surface area contributed by atoms with Gasteiger partial charge in [0.15, 0.2) is 0 Å². The van der Waals surface area contributed by atoms with Crippen molar-refractivity contribution in [2.24, 2.45) is 0 Å². The second-order valence-corrected chi connectivity index (χ2v) is 8.20. The standard InChI is InChI=1S/C28H18N4O/c1-28(2)26-25(31-27(32-26)24-20(16-29)9-6-10-21(24)17-30)22-14-13-19(15-23(22)33-28)12-11-18-7-4-3-5-8-18/h3-10,13-15H,1-2H3,(H,31,32). The van der Waals surface area contributed by atoms with Gasteiger partial charge in [-0.05, 0) is 56.3 Å². The molecule has 0 bridgehead atoms. The minimum atomic E-state index is -0.687. The third kappa shape index (κ3) is 3.51. The van der Waals surface area contributed by atoms with Crippen LogP contribution in [0.25, 0.3) is 22.6 Å². The SMILES string of the molecule is CC1(C)Oc2cc(C#Cc3ccccc3)ccc2-c2nc(-c3c(C#N)cccc3C#N)[nH]c21. The zero-order valence-corrected chi connectivity index (χ0v) is 18.1. The Bertz CT molecular complexity index is 1500. The zero-order valence-electron chi connectivity index (χ0n) is 18.1. The molecule has 3 aromatic carbocycles. The lowest BCUT2D eigenvalue weighted by Crippen LogP contribution is -2.29. The summed E-state index contributed by atoms with van der Waals surface area (Å²) in [5.74, 6) is 7.54. The fraction of sp³-hybridized carbons (Fsp3) is 0.107. The first-order valence-electron chi connectivity index (χ1n) is 10.4. The maximum absolute atomic E-state index is 9.59. The van der Waals surface area contributed by atoms with E-state index in [1.165, 1.54) is 0 Å². The number of fused-ring (bicyclic) bond motifs is 3. The summed E-state index contributed by atoms with van der Waals surface area (Å²) in [6.45, 7) is 3.92. The van der Waals surface area contributed by atoms with Crippen LogP contribution in [0.1, 0.15) is 41.8 Å². The van der Waals surface area contributed by atoms with E-state index in [1.807, 2.05) is 62.4 Å². The highest BCUT2D eigenvalue weighted by Gasteiger charge is 2.36. The summed E-state index contributed by atoms with van der Waals surface area (Å²) in [6.07, 6.45) is 0. The van der Waals surface area contributed by atoms with Crippen LogP contribution >= 0.6 is 0 Å². The van der Waals surface area contributed by atoms with E-state index in [0.717, 1.165) is 28.1 Å². The Morgan fingerprint density at radius 1 is 0.848 bits per heavy atom. The molecular weight excluding hydrogens is 408 g/mol. The van der Waals surface area contributed by atoms with Crippen LogP contribution < -0.4 is 4.74 Å². The molecule has 0 saturated carbocycles. The molecule has 1 aromatic heterocycles. The summed E-state index contributed by atoms with van der Waals surface area (Å²) in [5, 5.41) is 19.2. The van der Waals surface area contributed by atoms with Gasteiger partial charge in [-0.2, -0.15) is 10.5 Å². The maximum atomic E-state index is 9.59. The van der Waals surface area contributed by atoms with E-state index < -0.39 is 5.60 Å². The highest BCUT2D eigenvalue weighted by molar-refractivity contribution is 5.79. The summed E-state index contributed by atoms with van der Waals surface area (Å²) in [5.41, 5.74) is 4.77. The topological polar surface area (TPSA) is 85.5 Å². The third-order valence-corrected chi connectivity index (χ3v) is 5.57. The monoisotopic (exact) mass is 426 g/mol. The first kappa shape index (κ1) is 20.1. The number of aromatic nitrogens is 2. The Kier molecular flexibility index (Phi) is 4.71. The highest BCUT2D eigenvalue weighted by atomic mass is 16.5. The van der Waals surface area contributed by atoms with Crippen LogP contribution in [0.5, 0.6) is 5.75 Å². The van der Waals surface area contributed by atoms with Crippen molar-refractivity contribution in [3.8, 4) is 52.4 Å². The smallest absolute Gasteiger partial charge is 0.145 e. The molecule has 0 aliphatic carbocycles. The van der Waals surface area contributed by atoms with Crippen LogP contribution in [0.4, 0.5) is 0 Å². The van der Waals surface area contributed by atoms with Crippen LogP contribution in [0.3, 0.4) is 0 Å². The fourth-order valence-electron chi connectivity index (χ4n) is 3.99. The Balaban J connectivity index is 1.62. The van der Waals surface area contributed by atoms with E-state index in [2.05, 4.69) is 29.0 Å². The predicted octanol–water partition coefficient (Wildman–Crippen LogP) is 5.51. The van der Waals surface area contributed by atoms with Gasteiger partial charge >= 0.3 is 0 Å². The summed E-state index contributed by atoms with van der Waals surface area (Å²) in [7, 11) is 0. The molecule has 0 amide bonds. The number of aromatic amines is 1. The minimum absolute atomic E-state index is 0.394. The van der Waals surface area contributed by atoms with Gasteiger partial charge in [0.2, 0.25) is 0 Å². The Morgan fingerprint density at radius 2 is 1.55 bits per heavy atom. The lowest BCUT2D eigenvalue weighted by molar-refractivity contribution is 0.101. The molecule has 0 radical (unpaired) electrons. The lowest BCUT2D eigenvalue weighted by Gasteiger charge is -2.31. The molecule has 0 atom stereocenters. The normalized spacial score (nSPS) is 12.7. The van der Waals surface area contributed by atoms with Gasteiger partial charge in [-0.3, -0.25) is 0 Å². The van der Waals surface area contributed by atoms with Crippen molar-refractivity contribution < 1.29 is 4.74 Å². The number of nitrogens with one attached hydrogen (secondary N) is 1. The van der Waals surface area contributed by atoms with Gasteiger partial charge in [-0.25, -0.2) is 4.98 Å². The van der Waals surface area contributed by atoms with Crippen LogP contribution in [0.2, 0.25) is 0 Å². The molecule has 5 rings (SSSR count). The van der Waals surface area contributed by atoms with Crippen LogP contribution in [-0.2, 0) is 5.60 Å². The first-order chi connectivity index (χ1) is 16.0. The van der Waals surface area contributed by atoms with Crippen LogP contribution in [0.15, 0.2) is 66.7 Å². The van der Waals surface area contributed by atoms with Crippen molar-refractivity contribution in [2.75, 3.05) is 0 Å². The largest absolute Gasteiger partial charge is 0.481 e. The van der Waals surface area contributed by atoms with Gasteiger partial charge in [0.1, 0.15) is 17.2 Å². The molecule has 5 heteroatoms. The Hall–Kier alpha value is -4.79. The van der Waals surface area contributed by atoms with Crippen molar-refractivity contribution in [1.29, 1.82) is 10.5 Å². The molecule has 33 heavy (non-hydrogen) atoms. The lowest BCUT2D eigenvalue weighted by atomic mass is 9.94. The molecule has 156 valence electrons. The van der Waals surface area contributed by atoms with Gasteiger partial charge in [0.05, 0.1) is 40.2 Å². The minimum Gasteiger partial charge on any atom is -0.481 e. The number of benzene rings is 3. The molecule has 1 aliphatic rings. The molecule has 2 heterocycles. The van der Waals surface area contributed by atoms with Crippen molar-refractivity contribution >= 4 is 0 Å². The zero-order chi connectivity index (χ0) is 23.0. The van der Waals surface area contributed by atoms with Crippen LogP contribution in [0, 0.1) is 34.5 Å². The van der Waals surface area contributed by atoms with Gasteiger partial charge in [-0.1, -0.05) is 36.1 Å². The van der Waals surface area contributed by atoms with Crippen molar-refractivity contribution in [1.82, 2.24) is 9.97 Å². The molecule has 0 fully saturated rings. The van der Waals surface area contributed by atoms with Crippen molar-refractivity contribution in [3.63, 3.8) is 0 Å². The quantitative estimate of drug-likeness (QED) is 0.407. The summed E-state index contributed by atoms with van der Waals surface area (Å²) in [6, 6.07) is 25.0. The van der Waals surface area contributed by atoms with E-state index >= 15 is 0 Å². The van der Waals surface area contributed by atoms with E-state index in [-0.39, 0.29) is 0 Å². The van der Waals surface area contributed by atoms with Crippen LogP contribution in [-0.4, -0.2) is 9.97 Å². The molecule has 0 spiro atoms. The van der Waals surface area contributed by atoms with Crippen molar-refractivity contribution in [2.45, 2.75) is 19.4 Å². The molecule has 1 aliphatic heterocycles. The van der Waals surface area contributed by atoms with Gasteiger partial charge < -0.3 is 9.72 Å². The van der Waals surface area contributed by atoms with E-state index in [9.17, 15) is 10.5 Å². The van der Waals surface area contributed by atoms with Gasteiger partial charge in [0.25, 0.3) is 0 Å². The summed E-state index contributed by atoms with van der Waals surface area (Å²) < 4.78 is 6.33. The van der Waals surface area contributed by atoms with Gasteiger partial charge in [0, 0.05) is 16.7 Å². The number of ether oxygens (including phenoxy) is 1. The molecule has 5 nitrogen and oxygen atoms in total. The number of imidazole rings is 1. The third-order valence-electron chi connectivity index (χ3n) is 5.57. The number of nitrogens with zero attached hydrogens (tertiary/aromatic N) is 3. The average Bonchev–Trinajstić information content (AvgIpc) is 3.29. The average molecular weight is 426 g/mol. The second kappa shape index (κ2) is 7.72. The molecular formula is C28H18N4O. The number of nitriles is 2. The summed E-state index contributed by atoms with van der Waals surface area (Å²) in [4.78, 5) is 8.15.